The summed E-state index contributed by atoms with van der Waals surface area (Å²) in [6.07, 6.45) is 4.62. The van der Waals surface area contributed by atoms with E-state index in [4.69, 9.17) is 4.74 Å². The maximum absolute atomic E-state index is 13.1. The van der Waals surface area contributed by atoms with Crippen molar-refractivity contribution >= 4 is 45.5 Å². The molecule has 0 bridgehead atoms. The lowest BCUT2D eigenvalue weighted by Crippen LogP contribution is -2.00. The van der Waals surface area contributed by atoms with Gasteiger partial charge in [0.2, 0.25) is 0 Å². The van der Waals surface area contributed by atoms with Crippen LogP contribution in [0.4, 0.5) is 4.39 Å². The predicted octanol–water partition coefficient (Wildman–Crippen LogP) is 6.11. The molecule has 1 aromatic carbocycles. The molecule has 1 heterocycles. The highest BCUT2D eigenvalue weighted by Gasteiger charge is 2.10. The van der Waals surface area contributed by atoms with Crippen molar-refractivity contribution in [1.82, 2.24) is 0 Å². The molecule has 0 unspecified atom stereocenters. The van der Waals surface area contributed by atoms with Gasteiger partial charge in [0, 0.05) is 15.8 Å². The highest BCUT2D eigenvalue weighted by atomic mass is 127. The van der Waals surface area contributed by atoms with Crippen LogP contribution in [0.5, 0.6) is 0 Å². The van der Waals surface area contributed by atoms with Gasteiger partial charge in [0.15, 0.2) is 0 Å². The summed E-state index contributed by atoms with van der Waals surface area (Å²) in [6.45, 7) is 2.18. The van der Waals surface area contributed by atoms with Gasteiger partial charge in [-0.2, -0.15) is 0 Å². The van der Waals surface area contributed by atoms with Crippen molar-refractivity contribution in [3.63, 3.8) is 0 Å². The van der Waals surface area contributed by atoms with Crippen LogP contribution in [0.25, 0.3) is 16.0 Å². The van der Waals surface area contributed by atoms with Crippen molar-refractivity contribution < 1.29 is 13.9 Å². The van der Waals surface area contributed by atoms with Crippen molar-refractivity contribution in [3.05, 3.63) is 53.2 Å². The molecule has 0 saturated heterocycles. The third kappa shape index (κ3) is 5.70. The molecule has 5 heteroatoms. The number of halogens is 2. The number of carbonyl (C=O) groups excluding carboxylic acids is 1. The average molecular weight is 458 g/mol. The number of rotatable bonds is 8. The summed E-state index contributed by atoms with van der Waals surface area (Å²) < 4.78 is 19.2. The second kappa shape index (κ2) is 9.93. The van der Waals surface area contributed by atoms with Gasteiger partial charge >= 0.3 is 5.97 Å². The van der Waals surface area contributed by atoms with Crippen molar-refractivity contribution in [3.8, 4) is 10.4 Å². The van der Waals surface area contributed by atoms with Crippen LogP contribution in [0, 0.1) is 5.82 Å². The molecule has 0 fully saturated rings. The number of carbonyl (C=O) groups is 1. The quantitative estimate of drug-likeness (QED) is 0.157. The van der Waals surface area contributed by atoms with Crippen LogP contribution in [0.1, 0.15) is 31.1 Å². The fourth-order valence-corrected chi connectivity index (χ4v) is 3.88. The maximum Gasteiger partial charge on any atom is 0.331 e. The Morgan fingerprint density at radius 2 is 1.96 bits per heavy atom. The largest absolute Gasteiger partial charge is 0.463 e. The third-order valence-corrected chi connectivity index (χ3v) is 5.43. The fraction of sp³-hybridized carbons (Fsp3) is 0.316. The molecule has 0 aliphatic rings. The number of hydrogen-bond donors (Lipinski definition) is 0. The van der Waals surface area contributed by atoms with E-state index < -0.39 is 0 Å². The molecule has 0 spiro atoms. The summed E-state index contributed by atoms with van der Waals surface area (Å²) in [5.41, 5.74) is 1.99. The van der Waals surface area contributed by atoms with E-state index in [-0.39, 0.29) is 11.8 Å². The molecular formula is C19H20FIO2S. The van der Waals surface area contributed by atoms with Crippen molar-refractivity contribution in [1.29, 1.82) is 0 Å². The number of hydrogen-bond acceptors (Lipinski definition) is 3. The minimum atomic E-state index is -0.293. The Hall–Kier alpha value is -1.21. The van der Waals surface area contributed by atoms with Gasteiger partial charge in [0.05, 0.1) is 6.61 Å². The zero-order valence-corrected chi connectivity index (χ0v) is 16.5. The smallest absolute Gasteiger partial charge is 0.331 e. The minimum Gasteiger partial charge on any atom is -0.463 e. The monoisotopic (exact) mass is 458 g/mol. The first-order valence-corrected chi connectivity index (χ1v) is 10.3. The molecule has 0 saturated carbocycles. The van der Waals surface area contributed by atoms with Crippen LogP contribution in [-0.4, -0.2) is 17.0 Å². The van der Waals surface area contributed by atoms with E-state index in [2.05, 4.69) is 22.6 Å². The Labute approximate surface area is 159 Å². The number of esters is 1. The molecule has 24 heavy (non-hydrogen) atoms. The van der Waals surface area contributed by atoms with E-state index in [1.165, 1.54) is 12.1 Å². The van der Waals surface area contributed by atoms with Gasteiger partial charge in [-0.15, -0.1) is 11.3 Å². The lowest BCUT2D eigenvalue weighted by atomic mass is 10.1. The van der Waals surface area contributed by atoms with Crippen molar-refractivity contribution in [2.45, 2.75) is 26.2 Å². The van der Waals surface area contributed by atoms with E-state index in [1.807, 2.05) is 12.1 Å². The van der Waals surface area contributed by atoms with E-state index in [0.717, 1.165) is 44.6 Å². The Bertz CT molecular complexity index is 692. The van der Waals surface area contributed by atoms with Gasteiger partial charge in [0.1, 0.15) is 5.82 Å². The second-order valence-electron chi connectivity index (χ2n) is 5.24. The molecule has 0 atom stereocenters. The van der Waals surface area contributed by atoms with Gasteiger partial charge in [-0.05, 0) is 66.0 Å². The molecule has 128 valence electrons. The van der Waals surface area contributed by atoms with Gasteiger partial charge in [-0.1, -0.05) is 34.7 Å². The van der Waals surface area contributed by atoms with E-state index in [1.54, 1.807) is 36.5 Å². The Morgan fingerprint density at radius 3 is 2.62 bits per heavy atom. The number of benzene rings is 1. The van der Waals surface area contributed by atoms with Gasteiger partial charge in [-0.3, -0.25) is 0 Å². The van der Waals surface area contributed by atoms with Crippen LogP contribution in [0.15, 0.2) is 42.5 Å². The highest BCUT2D eigenvalue weighted by molar-refractivity contribution is 14.1. The molecule has 2 aromatic rings. The molecule has 1 aromatic heterocycles. The first-order valence-electron chi connectivity index (χ1n) is 7.93. The summed E-state index contributed by atoms with van der Waals surface area (Å²) in [5, 5.41) is 0. The zero-order chi connectivity index (χ0) is 17.4. The SMILES string of the molecule is CCOC(=O)C=C(CCCCI)c1ccc(-c2ccc(F)cc2)s1. The Kier molecular flexibility index (Phi) is 7.91. The number of ether oxygens (including phenoxy) is 1. The van der Waals surface area contributed by atoms with Crippen LogP contribution >= 0.6 is 33.9 Å². The Morgan fingerprint density at radius 1 is 1.21 bits per heavy atom. The van der Waals surface area contributed by atoms with Gasteiger partial charge in [0.25, 0.3) is 0 Å². The topological polar surface area (TPSA) is 26.3 Å². The van der Waals surface area contributed by atoms with E-state index >= 15 is 0 Å². The summed E-state index contributed by atoms with van der Waals surface area (Å²) in [4.78, 5) is 14.0. The summed E-state index contributed by atoms with van der Waals surface area (Å²) in [6, 6.07) is 10.5. The molecule has 0 amide bonds. The number of allylic oxidation sites excluding steroid dienone is 1. The first kappa shape index (κ1) is 19.1. The second-order valence-corrected chi connectivity index (χ2v) is 7.40. The normalized spacial score (nSPS) is 11.5. The van der Waals surface area contributed by atoms with Crippen molar-refractivity contribution in [2.75, 3.05) is 11.0 Å². The van der Waals surface area contributed by atoms with Crippen LogP contribution < -0.4 is 0 Å². The number of unbranched alkanes of at least 4 members (excludes halogenated alkanes) is 1. The lowest BCUT2D eigenvalue weighted by molar-refractivity contribution is -0.137. The third-order valence-electron chi connectivity index (χ3n) is 3.46. The standard InChI is InChI=1S/C19H20FIO2S/c1-2-23-19(22)13-15(5-3-4-12-21)18-11-10-17(24-18)14-6-8-16(20)9-7-14/h6-11,13H,2-5,12H2,1H3. The highest BCUT2D eigenvalue weighted by Crippen LogP contribution is 2.34. The predicted molar refractivity (Wildman–Crippen MR) is 107 cm³/mol. The molecule has 2 nitrogen and oxygen atoms in total. The van der Waals surface area contributed by atoms with Crippen LogP contribution in [0.2, 0.25) is 0 Å². The molecule has 0 aliphatic heterocycles. The maximum atomic E-state index is 13.1. The number of thiophene rings is 1. The van der Waals surface area contributed by atoms with E-state index in [0.29, 0.717) is 6.61 Å². The fourth-order valence-electron chi connectivity index (χ4n) is 2.28. The summed E-state index contributed by atoms with van der Waals surface area (Å²) in [7, 11) is 0. The van der Waals surface area contributed by atoms with Crippen LogP contribution in [-0.2, 0) is 9.53 Å². The molecular weight excluding hydrogens is 438 g/mol. The summed E-state index contributed by atoms with van der Waals surface area (Å²) >= 11 is 3.98. The first-order chi connectivity index (χ1) is 11.6. The zero-order valence-electron chi connectivity index (χ0n) is 13.6. The average Bonchev–Trinajstić information content (AvgIpc) is 3.05. The molecule has 0 radical (unpaired) electrons. The summed E-state index contributed by atoms with van der Waals surface area (Å²) in [5.74, 6) is -0.532. The van der Waals surface area contributed by atoms with Gasteiger partial charge < -0.3 is 4.74 Å². The van der Waals surface area contributed by atoms with Crippen LogP contribution in [0.3, 0.4) is 0 Å². The number of alkyl halides is 1. The molecule has 2 rings (SSSR count). The van der Waals surface area contributed by atoms with E-state index in [9.17, 15) is 9.18 Å². The van der Waals surface area contributed by atoms with Gasteiger partial charge in [-0.25, -0.2) is 9.18 Å². The lowest BCUT2D eigenvalue weighted by Gasteiger charge is -2.05. The molecule has 0 N–H and O–H groups in total. The molecule has 0 aliphatic carbocycles. The minimum absolute atomic E-state index is 0.239. The van der Waals surface area contributed by atoms with Crippen molar-refractivity contribution in [2.24, 2.45) is 0 Å². The Balaban J connectivity index is 2.22.